The zero-order chi connectivity index (χ0) is 15.1. The minimum absolute atomic E-state index is 0.0127. The third-order valence-electron chi connectivity index (χ3n) is 4.60. The molecule has 1 saturated carbocycles. The largest absolute Gasteiger partial charge is 0.383 e. The van der Waals surface area contributed by atoms with Gasteiger partial charge in [-0.25, -0.2) is 9.67 Å². The number of alkyl halides is 2. The molecule has 1 N–H and O–H groups in total. The van der Waals surface area contributed by atoms with E-state index < -0.39 is 17.4 Å². The highest BCUT2D eigenvalue weighted by Crippen LogP contribution is 2.45. The Bertz CT molecular complexity index is 508. The molecule has 1 aromatic rings. The molecule has 116 valence electrons. The van der Waals surface area contributed by atoms with Crippen molar-refractivity contribution in [1.29, 1.82) is 0 Å². The smallest absolute Gasteiger partial charge is 0.352 e. The standard InChI is InChI=1S/C13H18F2N4O2/c14-13(15,12(21)4-1-5-12)11(20)18-6-2-10(3-7-18)19-9-16-8-17-19/h8-10,21H,1-7H2. The van der Waals surface area contributed by atoms with Gasteiger partial charge >= 0.3 is 5.92 Å². The van der Waals surface area contributed by atoms with Crippen molar-refractivity contribution in [3.8, 4) is 0 Å². The van der Waals surface area contributed by atoms with Crippen molar-refractivity contribution in [3.05, 3.63) is 12.7 Å². The van der Waals surface area contributed by atoms with E-state index in [0.717, 1.165) is 4.90 Å². The summed E-state index contributed by atoms with van der Waals surface area (Å²) in [6.45, 7) is 0.490. The fourth-order valence-corrected chi connectivity index (χ4v) is 2.96. The second-order valence-electron chi connectivity index (χ2n) is 5.86. The monoisotopic (exact) mass is 300 g/mol. The Balaban J connectivity index is 1.62. The lowest BCUT2D eigenvalue weighted by Gasteiger charge is -2.44. The molecule has 0 bridgehead atoms. The molecule has 1 saturated heterocycles. The number of aromatic nitrogens is 3. The highest BCUT2D eigenvalue weighted by Gasteiger charge is 2.62. The van der Waals surface area contributed by atoms with Gasteiger partial charge in [0.25, 0.3) is 5.91 Å². The summed E-state index contributed by atoms with van der Waals surface area (Å²) < 4.78 is 30.0. The molecular formula is C13H18F2N4O2. The molecule has 2 aliphatic rings. The second-order valence-corrected chi connectivity index (χ2v) is 5.86. The van der Waals surface area contributed by atoms with Gasteiger partial charge in [-0.05, 0) is 32.1 Å². The van der Waals surface area contributed by atoms with Crippen molar-refractivity contribution >= 4 is 5.91 Å². The maximum absolute atomic E-state index is 14.1. The van der Waals surface area contributed by atoms with Crippen LogP contribution in [0.5, 0.6) is 0 Å². The van der Waals surface area contributed by atoms with Crippen molar-refractivity contribution in [2.45, 2.75) is 49.7 Å². The van der Waals surface area contributed by atoms with Gasteiger partial charge in [0, 0.05) is 13.1 Å². The summed E-state index contributed by atoms with van der Waals surface area (Å²) in [6.07, 6.45) is 4.65. The predicted molar refractivity (Wildman–Crippen MR) is 68.6 cm³/mol. The number of carbonyl (C=O) groups is 1. The summed E-state index contributed by atoms with van der Waals surface area (Å²) in [5, 5.41) is 13.9. The van der Waals surface area contributed by atoms with Crippen LogP contribution < -0.4 is 0 Å². The van der Waals surface area contributed by atoms with Crippen LogP contribution in [0.4, 0.5) is 8.78 Å². The van der Waals surface area contributed by atoms with E-state index in [1.807, 2.05) is 0 Å². The van der Waals surface area contributed by atoms with E-state index in [-0.39, 0.29) is 32.0 Å². The zero-order valence-corrected chi connectivity index (χ0v) is 11.6. The van der Waals surface area contributed by atoms with E-state index in [4.69, 9.17) is 0 Å². The van der Waals surface area contributed by atoms with Crippen LogP contribution >= 0.6 is 0 Å². The van der Waals surface area contributed by atoms with Gasteiger partial charge < -0.3 is 10.0 Å². The molecule has 1 aliphatic carbocycles. The Morgan fingerprint density at radius 1 is 1.33 bits per heavy atom. The Morgan fingerprint density at radius 3 is 2.48 bits per heavy atom. The molecule has 1 amide bonds. The molecular weight excluding hydrogens is 282 g/mol. The van der Waals surface area contributed by atoms with Gasteiger partial charge in [-0.1, -0.05) is 0 Å². The van der Waals surface area contributed by atoms with Gasteiger partial charge in [0.2, 0.25) is 0 Å². The number of nitrogens with zero attached hydrogens (tertiary/aromatic N) is 4. The minimum atomic E-state index is -3.69. The number of halogens is 2. The normalized spacial score (nSPS) is 22.9. The third-order valence-corrected chi connectivity index (χ3v) is 4.60. The lowest BCUT2D eigenvalue weighted by molar-refractivity contribution is -0.224. The predicted octanol–water partition coefficient (Wildman–Crippen LogP) is 0.992. The molecule has 21 heavy (non-hydrogen) atoms. The molecule has 0 spiro atoms. The number of amides is 1. The van der Waals surface area contributed by atoms with Gasteiger partial charge in [0.05, 0.1) is 6.04 Å². The van der Waals surface area contributed by atoms with Gasteiger partial charge in [-0.15, -0.1) is 0 Å². The van der Waals surface area contributed by atoms with Crippen molar-refractivity contribution in [1.82, 2.24) is 19.7 Å². The first-order valence-corrected chi connectivity index (χ1v) is 7.18. The molecule has 1 aliphatic heterocycles. The number of piperidine rings is 1. The van der Waals surface area contributed by atoms with Gasteiger partial charge in [0.15, 0.2) is 0 Å². The average molecular weight is 300 g/mol. The summed E-state index contributed by atoms with van der Waals surface area (Å²) in [5.41, 5.74) is -2.15. The number of likely N-dealkylation sites (tertiary alicyclic amines) is 1. The summed E-state index contributed by atoms with van der Waals surface area (Å²) in [4.78, 5) is 17.1. The van der Waals surface area contributed by atoms with Crippen LogP contribution in [0.15, 0.2) is 12.7 Å². The molecule has 0 unspecified atom stereocenters. The maximum atomic E-state index is 14.1. The van der Waals surface area contributed by atoms with Crippen molar-refractivity contribution in [3.63, 3.8) is 0 Å². The number of hydrogen-bond donors (Lipinski definition) is 1. The summed E-state index contributed by atoms with van der Waals surface area (Å²) in [7, 11) is 0. The summed E-state index contributed by atoms with van der Waals surface area (Å²) in [5.74, 6) is -4.94. The van der Waals surface area contributed by atoms with Gasteiger partial charge in [-0.2, -0.15) is 13.9 Å². The zero-order valence-electron chi connectivity index (χ0n) is 11.6. The SMILES string of the molecule is O=C(N1CCC(n2cncn2)CC1)C(F)(F)C1(O)CCC1. The van der Waals surface area contributed by atoms with Gasteiger partial charge in [0.1, 0.15) is 18.3 Å². The fraction of sp³-hybridized carbons (Fsp3) is 0.769. The highest BCUT2D eigenvalue weighted by molar-refractivity contribution is 5.85. The first kappa shape index (κ1) is 14.4. The average Bonchev–Trinajstić information content (AvgIpc) is 2.98. The Kier molecular flexibility index (Phi) is 3.43. The highest BCUT2D eigenvalue weighted by atomic mass is 19.3. The summed E-state index contributed by atoms with van der Waals surface area (Å²) >= 11 is 0. The van der Waals surface area contributed by atoms with Crippen LogP contribution in [0.3, 0.4) is 0 Å². The molecule has 0 radical (unpaired) electrons. The van der Waals surface area contributed by atoms with Crippen LogP contribution in [0.25, 0.3) is 0 Å². The van der Waals surface area contributed by atoms with E-state index in [2.05, 4.69) is 10.1 Å². The number of hydrogen-bond acceptors (Lipinski definition) is 4. The third kappa shape index (κ3) is 2.31. The molecule has 8 heteroatoms. The molecule has 6 nitrogen and oxygen atoms in total. The van der Waals surface area contributed by atoms with Crippen molar-refractivity contribution in [2.24, 2.45) is 0 Å². The first-order valence-electron chi connectivity index (χ1n) is 7.18. The number of aliphatic hydroxyl groups is 1. The second kappa shape index (κ2) is 5.01. The Morgan fingerprint density at radius 2 is 2.00 bits per heavy atom. The maximum Gasteiger partial charge on any atom is 0.352 e. The van der Waals surface area contributed by atoms with Crippen LogP contribution in [0.2, 0.25) is 0 Å². The van der Waals surface area contributed by atoms with Crippen molar-refractivity contribution < 1.29 is 18.7 Å². The van der Waals surface area contributed by atoms with E-state index in [9.17, 15) is 18.7 Å². The lowest BCUT2D eigenvalue weighted by Crippen LogP contribution is -2.62. The van der Waals surface area contributed by atoms with Crippen molar-refractivity contribution in [2.75, 3.05) is 13.1 Å². The van der Waals surface area contributed by atoms with E-state index in [0.29, 0.717) is 19.3 Å². The molecule has 2 heterocycles. The van der Waals surface area contributed by atoms with Gasteiger partial charge in [-0.3, -0.25) is 4.79 Å². The quantitative estimate of drug-likeness (QED) is 0.903. The van der Waals surface area contributed by atoms with Crippen LogP contribution in [0.1, 0.15) is 38.1 Å². The molecule has 0 atom stereocenters. The fourth-order valence-electron chi connectivity index (χ4n) is 2.96. The number of rotatable bonds is 3. The molecule has 0 aromatic carbocycles. The first-order chi connectivity index (χ1) is 9.94. The van der Waals surface area contributed by atoms with E-state index in [1.54, 1.807) is 11.0 Å². The van der Waals surface area contributed by atoms with E-state index in [1.165, 1.54) is 6.33 Å². The van der Waals surface area contributed by atoms with Crippen LogP contribution in [-0.4, -0.2) is 55.3 Å². The minimum Gasteiger partial charge on any atom is -0.383 e. The van der Waals surface area contributed by atoms with E-state index >= 15 is 0 Å². The number of carbonyl (C=O) groups excluding carboxylic acids is 1. The summed E-state index contributed by atoms with van der Waals surface area (Å²) in [6, 6.07) is 0.0805. The van der Waals surface area contributed by atoms with Crippen LogP contribution in [-0.2, 0) is 4.79 Å². The molecule has 3 rings (SSSR count). The molecule has 2 fully saturated rings. The Labute approximate surface area is 120 Å². The Hall–Kier alpha value is -1.57. The lowest BCUT2D eigenvalue weighted by atomic mass is 9.75. The topological polar surface area (TPSA) is 71.2 Å². The molecule has 1 aromatic heterocycles. The van der Waals surface area contributed by atoms with Crippen LogP contribution in [0, 0.1) is 0 Å².